The van der Waals surface area contributed by atoms with Crippen molar-refractivity contribution in [2.45, 2.75) is 45.2 Å². The molecule has 2 fully saturated rings. The molecule has 0 aliphatic carbocycles. The van der Waals surface area contributed by atoms with Gasteiger partial charge in [0.15, 0.2) is 0 Å². The molecule has 1 aromatic carbocycles. The molecular weight excluding hydrogens is 350 g/mol. The number of carbonyl (C=O) groups is 2. The fourth-order valence-corrected chi connectivity index (χ4v) is 3.96. The molecule has 0 bridgehead atoms. The molecule has 0 radical (unpaired) electrons. The van der Waals surface area contributed by atoms with Gasteiger partial charge in [0.05, 0.1) is 6.04 Å². The summed E-state index contributed by atoms with van der Waals surface area (Å²) in [6.45, 7) is 5.90. The van der Waals surface area contributed by atoms with Crippen molar-refractivity contribution in [2.75, 3.05) is 26.2 Å². The Kier molecular flexibility index (Phi) is 6.54. The molecule has 2 saturated heterocycles. The summed E-state index contributed by atoms with van der Waals surface area (Å²) in [6.07, 6.45) is 3.97. The Morgan fingerprint density at radius 3 is 2.35 bits per heavy atom. The summed E-state index contributed by atoms with van der Waals surface area (Å²) >= 11 is 5.88. The molecule has 1 aromatic rings. The lowest BCUT2D eigenvalue weighted by Gasteiger charge is -2.36. The number of amides is 2. The van der Waals surface area contributed by atoms with E-state index in [1.165, 1.54) is 0 Å². The van der Waals surface area contributed by atoms with Gasteiger partial charge in [0.2, 0.25) is 11.8 Å². The fourth-order valence-electron chi connectivity index (χ4n) is 3.83. The summed E-state index contributed by atoms with van der Waals surface area (Å²) in [5.41, 5.74) is 1.03. The Bertz CT molecular complexity index is 620. The third kappa shape index (κ3) is 4.77. The minimum Gasteiger partial charge on any atom is -0.351 e. The minimum atomic E-state index is -0.176. The highest BCUT2D eigenvalue weighted by Gasteiger charge is 2.32. The maximum absolute atomic E-state index is 12.5. The lowest BCUT2D eigenvalue weighted by atomic mass is 9.94. The standard InChI is InChI=1S/C20H28ClN3O2/c1-15(19(25)22-14-16-4-6-18(21)7-5-16)23-12-8-17(9-13-23)20(26)24-10-2-3-11-24/h4-7,15,17H,2-3,8-14H2,1H3,(H,22,25). The average molecular weight is 378 g/mol. The second-order valence-corrected chi connectivity index (χ2v) is 7.80. The normalized spacial score (nSPS) is 20.2. The minimum absolute atomic E-state index is 0.0317. The molecule has 2 aliphatic heterocycles. The molecule has 1 N–H and O–H groups in total. The molecular formula is C20H28ClN3O2. The zero-order chi connectivity index (χ0) is 18.5. The van der Waals surface area contributed by atoms with Crippen LogP contribution < -0.4 is 5.32 Å². The Hall–Kier alpha value is -1.59. The zero-order valence-electron chi connectivity index (χ0n) is 15.4. The molecule has 1 atom stereocenters. The van der Waals surface area contributed by atoms with E-state index in [4.69, 9.17) is 11.6 Å². The number of piperidine rings is 1. The van der Waals surface area contributed by atoms with E-state index in [2.05, 4.69) is 10.2 Å². The van der Waals surface area contributed by atoms with Crippen LogP contribution in [0, 0.1) is 5.92 Å². The lowest BCUT2D eigenvalue weighted by Crippen LogP contribution is -2.49. The Balaban J connectivity index is 1.43. The van der Waals surface area contributed by atoms with Crippen LogP contribution in [0.3, 0.4) is 0 Å². The lowest BCUT2D eigenvalue weighted by molar-refractivity contribution is -0.136. The molecule has 0 aromatic heterocycles. The van der Waals surface area contributed by atoms with Gasteiger partial charge in [-0.15, -0.1) is 0 Å². The molecule has 5 nitrogen and oxygen atoms in total. The third-order valence-corrected chi connectivity index (χ3v) is 5.86. The maximum Gasteiger partial charge on any atom is 0.237 e. The van der Waals surface area contributed by atoms with Crippen LogP contribution in [0.2, 0.25) is 5.02 Å². The molecule has 6 heteroatoms. The fraction of sp³-hybridized carbons (Fsp3) is 0.600. The van der Waals surface area contributed by atoms with Gasteiger partial charge in [-0.05, 0) is 63.4 Å². The molecule has 0 saturated carbocycles. The van der Waals surface area contributed by atoms with Gasteiger partial charge in [-0.1, -0.05) is 23.7 Å². The van der Waals surface area contributed by atoms with Crippen LogP contribution in [0.4, 0.5) is 0 Å². The molecule has 3 rings (SSSR count). The van der Waals surface area contributed by atoms with Crippen molar-refractivity contribution >= 4 is 23.4 Å². The number of carbonyl (C=O) groups excluding carboxylic acids is 2. The van der Waals surface area contributed by atoms with E-state index in [1.807, 2.05) is 36.1 Å². The SMILES string of the molecule is CC(C(=O)NCc1ccc(Cl)cc1)N1CCC(C(=O)N2CCCC2)CC1. The molecule has 2 aliphatic rings. The van der Waals surface area contributed by atoms with Crippen molar-refractivity contribution in [3.8, 4) is 0 Å². The number of benzene rings is 1. The number of nitrogens with zero attached hydrogens (tertiary/aromatic N) is 2. The summed E-state index contributed by atoms with van der Waals surface area (Å²) in [4.78, 5) is 29.2. The van der Waals surface area contributed by atoms with Gasteiger partial charge in [-0.2, -0.15) is 0 Å². The average Bonchev–Trinajstić information content (AvgIpc) is 3.21. The summed E-state index contributed by atoms with van der Waals surface area (Å²) in [7, 11) is 0. The van der Waals surface area contributed by atoms with E-state index < -0.39 is 0 Å². The number of halogens is 1. The molecule has 142 valence electrons. The second kappa shape index (κ2) is 8.87. The van der Waals surface area contributed by atoms with Crippen LogP contribution in [-0.4, -0.2) is 53.8 Å². The number of likely N-dealkylation sites (tertiary alicyclic amines) is 2. The van der Waals surface area contributed by atoms with Gasteiger partial charge in [0.1, 0.15) is 0 Å². The monoisotopic (exact) mass is 377 g/mol. The molecule has 2 amide bonds. The molecule has 1 unspecified atom stereocenters. The van der Waals surface area contributed by atoms with Gasteiger partial charge in [-0.25, -0.2) is 0 Å². The summed E-state index contributed by atoms with van der Waals surface area (Å²) in [5.74, 6) is 0.486. The van der Waals surface area contributed by atoms with Crippen molar-refractivity contribution in [1.29, 1.82) is 0 Å². The van der Waals surface area contributed by atoms with Gasteiger partial charge < -0.3 is 10.2 Å². The van der Waals surface area contributed by atoms with Crippen molar-refractivity contribution < 1.29 is 9.59 Å². The highest BCUT2D eigenvalue weighted by Crippen LogP contribution is 2.23. The van der Waals surface area contributed by atoms with E-state index in [0.29, 0.717) is 17.5 Å². The topological polar surface area (TPSA) is 52.7 Å². The second-order valence-electron chi connectivity index (χ2n) is 7.36. The molecule has 0 spiro atoms. The Morgan fingerprint density at radius 1 is 1.12 bits per heavy atom. The van der Waals surface area contributed by atoms with Crippen molar-refractivity contribution in [3.63, 3.8) is 0 Å². The first-order valence-corrected chi connectivity index (χ1v) is 9.97. The summed E-state index contributed by atoms with van der Waals surface area (Å²) < 4.78 is 0. The number of rotatable bonds is 5. The predicted octanol–water partition coefficient (Wildman–Crippen LogP) is 2.68. The van der Waals surface area contributed by atoms with E-state index in [0.717, 1.165) is 57.4 Å². The number of nitrogens with one attached hydrogen (secondary N) is 1. The zero-order valence-corrected chi connectivity index (χ0v) is 16.2. The predicted molar refractivity (Wildman–Crippen MR) is 103 cm³/mol. The smallest absolute Gasteiger partial charge is 0.237 e. The largest absolute Gasteiger partial charge is 0.351 e. The van der Waals surface area contributed by atoms with Crippen LogP contribution in [0.15, 0.2) is 24.3 Å². The quantitative estimate of drug-likeness (QED) is 0.858. The van der Waals surface area contributed by atoms with Crippen LogP contribution in [-0.2, 0) is 16.1 Å². The first kappa shape index (κ1) is 19.2. The summed E-state index contributed by atoms with van der Waals surface area (Å²) in [5, 5.41) is 3.69. The first-order valence-electron chi connectivity index (χ1n) is 9.59. The number of hydrogen-bond donors (Lipinski definition) is 1. The molecule has 2 heterocycles. The van der Waals surface area contributed by atoms with Gasteiger partial charge in [-0.3, -0.25) is 14.5 Å². The van der Waals surface area contributed by atoms with E-state index in [9.17, 15) is 9.59 Å². The van der Waals surface area contributed by atoms with Crippen molar-refractivity contribution in [1.82, 2.24) is 15.1 Å². The Labute approximate surface area is 160 Å². The third-order valence-electron chi connectivity index (χ3n) is 5.60. The van der Waals surface area contributed by atoms with Crippen LogP contribution in [0.1, 0.15) is 38.2 Å². The van der Waals surface area contributed by atoms with Gasteiger partial charge in [0.25, 0.3) is 0 Å². The summed E-state index contributed by atoms with van der Waals surface area (Å²) in [6, 6.07) is 7.32. The van der Waals surface area contributed by atoms with Crippen LogP contribution >= 0.6 is 11.6 Å². The van der Waals surface area contributed by atoms with Crippen LogP contribution in [0.25, 0.3) is 0 Å². The van der Waals surface area contributed by atoms with Gasteiger partial charge in [0, 0.05) is 30.6 Å². The Morgan fingerprint density at radius 2 is 1.73 bits per heavy atom. The van der Waals surface area contributed by atoms with Crippen molar-refractivity contribution in [3.05, 3.63) is 34.9 Å². The van der Waals surface area contributed by atoms with Crippen LogP contribution in [0.5, 0.6) is 0 Å². The number of hydrogen-bond acceptors (Lipinski definition) is 3. The highest BCUT2D eigenvalue weighted by molar-refractivity contribution is 6.30. The highest BCUT2D eigenvalue weighted by atomic mass is 35.5. The van der Waals surface area contributed by atoms with E-state index in [1.54, 1.807) is 0 Å². The van der Waals surface area contributed by atoms with Crippen molar-refractivity contribution in [2.24, 2.45) is 5.92 Å². The maximum atomic E-state index is 12.5. The molecule has 26 heavy (non-hydrogen) atoms. The van der Waals surface area contributed by atoms with E-state index >= 15 is 0 Å². The van der Waals surface area contributed by atoms with E-state index in [-0.39, 0.29) is 17.9 Å². The first-order chi connectivity index (χ1) is 12.5. The van der Waals surface area contributed by atoms with Gasteiger partial charge >= 0.3 is 0 Å².